The molecule has 1 spiro atoms. The third kappa shape index (κ3) is 4.23. The molecular weight excluding hydrogens is 679 g/mol. The minimum absolute atomic E-state index is 0.0607. The van der Waals surface area contributed by atoms with Crippen LogP contribution in [-0.2, 0) is 5.41 Å². The van der Waals surface area contributed by atoms with Crippen LogP contribution in [0.2, 0.25) is 0 Å². The van der Waals surface area contributed by atoms with Gasteiger partial charge in [0.2, 0.25) is 0 Å². The maximum absolute atomic E-state index is 7.03. The highest BCUT2D eigenvalue weighted by Gasteiger charge is 2.62. The summed E-state index contributed by atoms with van der Waals surface area (Å²) in [5, 5.41) is 2.17. The van der Waals surface area contributed by atoms with E-state index in [4.69, 9.17) is 28.8 Å². The van der Waals surface area contributed by atoms with Gasteiger partial charge in [-0.15, -0.1) is 0 Å². The van der Waals surface area contributed by atoms with Gasteiger partial charge in [0.05, 0.1) is 0 Å². The van der Waals surface area contributed by atoms with Crippen molar-refractivity contribution < 1.29 is 13.9 Å². The quantitative estimate of drug-likeness (QED) is 0.181. The average Bonchev–Trinajstić information content (AvgIpc) is 3.75. The van der Waals surface area contributed by atoms with Gasteiger partial charge in [-0.2, -0.15) is 0 Å². The Hall–Kier alpha value is -6.01. The van der Waals surface area contributed by atoms with Crippen molar-refractivity contribution in [3.05, 3.63) is 132 Å². The number of hydrogen-bond acceptors (Lipinski definition) is 6. The molecule has 6 aliphatic carbocycles. The Labute approximate surface area is 318 Å². The van der Waals surface area contributed by atoms with Gasteiger partial charge in [0.25, 0.3) is 0 Å². The summed E-state index contributed by atoms with van der Waals surface area (Å²) in [6.07, 6.45) is 15.3. The van der Waals surface area contributed by atoms with Crippen LogP contribution in [0, 0.1) is 23.7 Å². The molecule has 5 aromatic carbocycles. The fourth-order valence-corrected chi connectivity index (χ4v) is 11.8. The number of fused-ring (bicyclic) bond motifs is 9. The van der Waals surface area contributed by atoms with Gasteiger partial charge in [0.15, 0.2) is 40.5 Å². The summed E-state index contributed by atoms with van der Waals surface area (Å²) in [5.74, 6) is 7.93. The van der Waals surface area contributed by atoms with Crippen molar-refractivity contribution in [1.29, 1.82) is 0 Å². The highest BCUT2D eigenvalue weighted by Crippen LogP contribution is 2.71. The molecule has 0 amide bonds. The van der Waals surface area contributed by atoms with Crippen molar-refractivity contribution in [3.8, 4) is 56.9 Å². The second kappa shape index (κ2) is 11.0. The Bertz CT molecular complexity index is 2840. The lowest BCUT2D eigenvalue weighted by Crippen LogP contribution is -2.55. The molecule has 7 aromatic rings. The largest absolute Gasteiger partial charge is 0.456 e. The van der Waals surface area contributed by atoms with Gasteiger partial charge >= 0.3 is 0 Å². The number of allylic oxidation sites excluding steroid dienone is 4. The van der Waals surface area contributed by atoms with Crippen LogP contribution in [0.1, 0.15) is 61.9 Å². The number of nitrogens with zero attached hydrogens (tertiary/aromatic N) is 3. The minimum Gasteiger partial charge on any atom is -0.456 e. The van der Waals surface area contributed by atoms with Crippen LogP contribution in [0.4, 0.5) is 0 Å². The van der Waals surface area contributed by atoms with Gasteiger partial charge < -0.3 is 13.9 Å². The van der Waals surface area contributed by atoms with Gasteiger partial charge in [-0.25, -0.2) is 15.0 Å². The molecule has 3 heterocycles. The van der Waals surface area contributed by atoms with E-state index >= 15 is 0 Å². The third-order valence-electron chi connectivity index (χ3n) is 13.8. The Balaban J connectivity index is 0.929. The molecule has 0 radical (unpaired) electrons. The molecule has 14 rings (SSSR count). The van der Waals surface area contributed by atoms with E-state index in [-0.39, 0.29) is 5.41 Å². The molecule has 1 aliphatic heterocycles. The van der Waals surface area contributed by atoms with Gasteiger partial charge in [0.1, 0.15) is 11.2 Å². The maximum Gasteiger partial charge on any atom is 0.178 e. The van der Waals surface area contributed by atoms with E-state index in [1.807, 2.05) is 42.5 Å². The zero-order valence-corrected chi connectivity index (χ0v) is 30.3. The Kier molecular flexibility index (Phi) is 6.09. The summed E-state index contributed by atoms with van der Waals surface area (Å²) in [5.41, 5.74) is 9.93. The normalized spacial score (nSPS) is 25.0. The van der Waals surface area contributed by atoms with Crippen molar-refractivity contribution in [2.75, 3.05) is 0 Å². The highest BCUT2D eigenvalue weighted by molar-refractivity contribution is 6.05. The number of rotatable bonds is 3. The van der Waals surface area contributed by atoms with E-state index < -0.39 is 0 Å². The highest BCUT2D eigenvalue weighted by atomic mass is 16.6. The Morgan fingerprint density at radius 3 is 2.13 bits per heavy atom. The summed E-state index contributed by atoms with van der Waals surface area (Å²) in [7, 11) is 0. The molecule has 4 bridgehead atoms. The number of benzene rings is 5. The van der Waals surface area contributed by atoms with Crippen LogP contribution in [0.25, 0.3) is 61.4 Å². The van der Waals surface area contributed by atoms with E-state index in [2.05, 4.69) is 72.8 Å². The summed E-state index contributed by atoms with van der Waals surface area (Å²) in [4.78, 5) is 15.2. The number of furan rings is 1. The smallest absolute Gasteiger partial charge is 0.178 e. The lowest BCUT2D eigenvalue weighted by Gasteiger charge is -2.61. The van der Waals surface area contributed by atoms with Crippen LogP contribution in [0.15, 0.2) is 120 Å². The van der Waals surface area contributed by atoms with Gasteiger partial charge in [-0.3, -0.25) is 0 Å². The zero-order valence-electron chi connectivity index (χ0n) is 30.3. The number of hydrogen-bond donors (Lipinski definition) is 0. The molecule has 6 heteroatoms. The van der Waals surface area contributed by atoms with Crippen molar-refractivity contribution >= 4 is 27.5 Å². The SMILES string of the molecule is C1=CC(c2nc(-c3ccc4c(c3)Oc3c(ccc5c3-c3ccccc3C53C5CC6CC(C5)CC3C6)O4)nc(-c3ccc4c(c3)oc3ccccc34)n2)=CCC1. The van der Waals surface area contributed by atoms with Crippen LogP contribution >= 0.6 is 0 Å². The molecule has 266 valence electrons. The first kappa shape index (κ1) is 30.3. The van der Waals surface area contributed by atoms with E-state index in [0.717, 1.165) is 74.8 Å². The standard InChI is InChI=1S/C49H37N3O3/c1-2-8-29(9-3-1)46-50-47(30-14-16-35-34-10-5-7-13-39(34)53-42(35)25-30)52-48(51-46)31-15-18-40-43(26-31)55-45-41(54-40)19-17-38-44(45)36-11-4-6-12-37(36)49(38)32-21-27-20-28(23-32)24-33(49)22-27/h2,4-19,25-28,32-33H,1,3,20-24H2. The first-order valence-electron chi connectivity index (χ1n) is 20.0. The first-order valence-corrected chi connectivity index (χ1v) is 20.0. The molecule has 6 nitrogen and oxygen atoms in total. The zero-order chi connectivity index (χ0) is 35.8. The maximum atomic E-state index is 7.03. The van der Waals surface area contributed by atoms with Crippen molar-refractivity contribution in [2.24, 2.45) is 23.7 Å². The predicted octanol–water partition coefficient (Wildman–Crippen LogP) is 12.5. The van der Waals surface area contributed by atoms with Crippen LogP contribution in [0.3, 0.4) is 0 Å². The summed E-state index contributed by atoms with van der Waals surface area (Å²) >= 11 is 0. The Morgan fingerprint density at radius 2 is 1.29 bits per heavy atom. The average molecular weight is 716 g/mol. The number of aromatic nitrogens is 3. The monoisotopic (exact) mass is 715 g/mol. The Morgan fingerprint density at radius 1 is 0.564 bits per heavy atom. The van der Waals surface area contributed by atoms with E-state index in [1.54, 1.807) is 0 Å². The molecule has 55 heavy (non-hydrogen) atoms. The molecule has 2 aromatic heterocycles. The van der Waals surface area contributed by atoms with Crippen LogP contribution in [0.5, 0.6) is 23.0 Å². The lowest BCUT2D eigenvalue weighted by molar-refractivity contribution is -0.0399. The van der Waals surface area contributed by atoms with Gasteiger partial charge in [-0.05, 0) is 128 Å². The molecule has 4 saturated carbocycles. The lowest BCUT2D eigenvalue weighted by atomic mass is 9.43. The molecule has 0 atom stereocenters. The fourth-order valence-electron chi connectivity index (χ4n) is 11.8. The minimum atomic E-state index is 0.0607. The fraction of sp³-hybridized carbons (Fsp3) is 0.245. The molecular formula is C49H37N3O3. The van der Waals surface area contributed by atoms with E-state index in [0.29, 0.717) is 40.8 Å². The third-order valence-corrected chi connectivity index (χ3v) is 13.8. The first-order chi connectivity index (χ1) is 27.2. The summed E-state index contributed by atoms with van der Waals surface area (Å²) in [6.45, 7) is 0. The van der Waals surface area contributed by atoms with E-state index in [9.17, 15) is 0 Å². The second-order valence-electron chi connectivity index (χ2n) is 16.7. The number of ether oxygens (including phenoxy) is 2. The van der Waals surface area contributed by atoms with Gasteiger partial charge in [0, 0.05) is 38.5 Å². The topological polar surface area (TPSA) is 70.3 Å². The second-order valence-corrected chi connectivity index (χ2v) is 16.7. The molecule has 4 fully saturated rings. The summed E-state index contributed by atoms with van der Waals surface area (Å²) < 4.78 is 20.0. The summed E-state index contributed by atoms with van der Waals surface area (Å²) in [6, 6.07) is 34.1. The molecule has 0 saturated heterocycles. The predicted molar refractivity (Wildman–Crippen MR) is 214 cm³/mol. The molecule has 7 aliphatic rings. The number of para-hydroxylation sites is 1. The van der Waals surface area contributed by atoms with E-state index in [1.165, 1.54) is 54.4 Å². The molecule has 0 unspecified atom stereocenters. The van der Waals surface area contributed by atoms with Crippen LogP contribution < -0.4 is 9.47 Å². The van der Waals surface area contributed by atoms with Crippen molar-refractivity contribution in [3.63, 3.8) is 0 Å². The van der Waals surface area contributed by atoms with Crippen LogP contribution in [-0.4, -0.2) is 15.0 Å². The van der Waals surface area contributed by atoms with Crippen molar-refractivity contribution in [2.45, 2.75) is 50.4 Å². The van der Waals surface area contributed by atoms with Crippen molar-refractivity contribution in [1.82, 2.24) is 15.0 Å². The van der Waals surface area contributed by atoms with Gasteiger partial charge in [-0.1, -0.05) is 72.8 Å². The molecule has 0 N–H and O–H groups in total.